The SMILES string of the molecule is CCCCCCCCCCCC/C=C\CCCCCCCC(O)CC(=O)NC(CO)C(O)/C=C/CC/C=C/CCCCCCCCCCCCCCCCCCCC. The van der Waals surface area contributed by atoms with Crippen LogP contribution in [0.2, 0.25) is 0 Å². The van der Waals surface area contributed by atoms with Gasteiger partial charge in [-0.15, -0.1) is 0 Å². The lowest BCUT2D eigenvalue weighted by Gasteiger charge is -2.20. The molecule has 4 N–H and O–H groups in total. The third-order valence-corrected chi connectivity index (χ3v) is 11.9. The van der Waals surface area contributed by atoms with Crippen molar-refractivity contribution in [2.45, 2.75) is 289 Å². The second-order valence-corrected chi connectivity index (χ2v) is 17.8. The van der Waals surface area contributed by atoms with E-state index in [2.05, 4.69) is 43.5 Å². The van der Waals surface area contributed by atoms with Crippen molar-refractivity contribution in [3.05, 3.63) is 36.5 Å². The monoisotopic (exact) mass is 816 g/mol. The highest BCUT2D eigenvalue weighted by atomic mass is 16.3. The van der Waals surface area contributed by atoms with Crippen molar-refractivity contribution < 1.29 is 20.1 Å². The maximum atomic E-state index is 12.5. The number of unbranched alkanes of at least 4 members (excludes halogenated alkanes) is 34. The van der Waals surface area contributed by atoms with Gasteiger partial charge in [-0.05, 0) is 57.8 Å². The number of hydrogen-bond acceptors (Lipinski definition) is 4. The van der Waals surface area contributed by atoms with Gasteiger partial charge in [0, 0.05) is 0 Å². The molecule has 3 unspecified atom stereocenters. The summed E-state index contributed by atoms with van der Waals surface area (Å²) < 4.78 is 0. The van der Waals surface area contributed by atoms with Gasteiger partial charge in [0.05, 0.1) is 31.3 Å². The van der Waals surface area contributed by atoms with E-state index < -0.39 is 18.2 Å². The molecule has 0 aromatic rings. The molecule has 0 radical (unpaired) electrons. The molecule has 0 aliphatic carbocycles. The van der Waals surface area contributed by atoms with Crippen molar-refractivity contribution in [2.75, 3.05) is 6.61 Å². The van der Waals surface area contributed by atoms with E-state index in [4.69, 9.17) is 0 Å². The minimum absolute atomic E-state index is 0.00104. The van der Waals surface area contributed by atoms with Gasteiger partial charge in [-0.3, -0.25) is 4.79 Å². The van der Waals surface area contributed by atoms with E-state index in [1.165, 1.54) is 199 Å². The molecule has 0 aliphatic rings. The topological polar surface area (TPSA) is 89.8 Å². The van der Waals surface area contributed by atoms with Crippen molar-refractivity contribution in [2.24, 2.45) is 0 Å². The predicted molar refractivity (Wildman–Crippen MR) is 254 cm³/mol. The lowest BCUT2D eigenvalue weighted by molar-refractivity contribution is -0.124. The minimum atomic E-state index is -0.954. The zero-order valence-electron chi connectivity index (χ0n) is 38.9. The Hall–Kier alpha value is -1.43. The van der Waals surface area contributed by atoms with Crippen LogP contribution < -0.4 is 5.32 Å². The van der Waals surface area contributed by atoms with Gasteiger partial charge in [0.2, 0.25) is 5.91 Å². The summed E-state index contributed by atoms with van der Waals surface area (Å²) in [5.41, 5.74) is 0. The lowest BCUT2D eigenvalue weighted by Crippen LogP contribution is -2.45. The number of allylic oxidation sites excluding steroid dienone is 5. The number of aliphatic hydroxyl groups excluding tert-OH is 3. The molecule has 5 nitrogen and oxygen atoms in total. The Bertz CT molecular complexity index is 901. The van der Waals surface area contributed by atoms with Crippen LogP contribution in [-0.2, 0) is 4.79 Å². The Morgan fingerprint density at radius 2 is 0.741 bits per heavy atom. The standard InChI is InChI=1S/C53H101NO4/c1-3-5-7-9-11-13-15-17-19-21-23-24-25-26-27-29-31-33-35-37-39-41-43-45-47-52(57)51(49-55)54-53(58)48-50(56)46-44-42-40-38-36-34-32-30-28-22-20-18-16-14-12-10-8-6-4-2/h30,32,37,39,45,47,50-52,55-57H,3-29,31,33-36,38,40-44,46,48-49H2,1-2H3,(H,54,58)/b32-30-,39-37+,47-45+. The Kier molecular flexibility index (Phi) is 47.0. The number of amides is 1. The summed E-state index contributed by atoms with van der Waals surface area (Å²) in [7, 11) is 0. The van der Waals surface area contributed by atoms with Crippen LogP contribution in [0.4, 0.5) is 0 Å². The number of carbonyl (C=O) groups is 1. The number of carbonyl (C=O) groups excluding carboxylic acids is 1. The van der Waals surface area contributed by atoms with Gasteiger partial charge in [-0.25, -0.2) is 0 Å². The van der Waals surface area contributed by atoms with Gasteiger partial charge >= 0.3 is 0 Å². The summed E-state index contributed by atoms with van der Waals surface area (Å²) in [6.07, 6.45) is 61.7. The molecular formula is C53H101NO4. The maximum absolute atomic E-state index is 12.5. The fourth-order valence-electron chi connectivity index (χ4n) is 7.94. The Labute approximate surface area is 362 Å². The largest absolute Gasteiger partial charge is 0.394 e. The molecule has 1 amide bonds. The summed E-state index contributed by atoms with van der Waals surface area (Å²) in [5.74, 6) is -0.328. The third-order valence-electron chi connectivity index (χ3n) is 11.9. The van der Waals surface area contributed by atoms with E-state index in [9.17, 15) is 20.1 Å². The van der Waals surface area contributed by atoms with Crippen LogP contribution >= 0.6 is 0 Å². The second-order valence-electron chi connectivity index (χ2n) is 17.8. The van der Waals surface area contributed by atoms with Crippen LogP contribution in [0.3, 0.4) is 0 Å². The van der Waals surface area contributed by atoms with E-state index in [1.54, 1.807) is 6.08 Å². The van der Waals surface area contributed by atoms with Crippen LogP contribution in [0.25, 0.3) is 0 Å². The molecule has 0 fully saturated rings. The molecule has 58 heavy (non-hydrogen) atoms. The summed E-state index contributed by atoms with van der Waals surface area (Å²) in [6.45, 7) is 4.22. The summed E-state index contributed by atoms with van der Waals surface area (Å²) in [4.78, 5) is 12.5. The Morgan fingerprint density at radius 1 is 0.431 bits per heavy atom. The molecule has 5 heteroatoms. The van der Waals surface area contributed by atoms with Gasteiger partial charge < -0.3 is 20.6 Å². The highest BCUT2D eigenvalue weighted by Crippen LogP contribution is 2.16. The van der Waals surface area contributed by atoms with Crippen LogP contribution in [0.1, 0.15) is 271 Å². The highest BCUT2D eigenvalue weighted by Gasteiger charge is 2.20. The Morgan fingerprint density at radius 3 is 1.10 bits per heavy atom. The fourth-order valence-corrected chi connectivity index (χ4v) is 7.94. The van der Waals surface area contributed by atoms with Crippen LogP contribution in [-0.4, -0.2) is 46.1 Å². The summed E-state index contributed by atoms with van der Waals surface area (Å²) in [5, 5.41) is 33.3. The number of hydrogen-bond donors (Lipinski definition) is 4. The smallest absolute Gasteiger partial charge is 0.222 e. The fraction of sp³-hybridized carbons (Fsp3) is 0.868. The molecule has 0 saturated carbocycles. The van der Waals surface area contributed by atoms with Gasteiger partial charge in [0.25, 0.3) is 0 Å². The van der Waals surface area contributed by atoms with Crippen molar-refractivity contribution in [1.29, 1.82) is 0 Å². The average molecular weight is 816 g/mol. The van der Waals surface area contributed by atoms with E-state index in [0.29, 0.717) is 6.42 Å². The molecular weight excluding hydrogens is 715 g/mol. The first-order valence-corrected chi connectivity index (χ1v) is 25.8. The van der Waals surface area contributed by atoms with Crippen molar-refractivity contribution in [3.63, 3.8) is 0 Å². The molecule has 0 saturated heterocycles. The second kappa shape index (κ2) is 48.2. The van der Waals surface area contributed by atoms with Crippen molar-refractivity contribution in [3.8, 4) is 0 Å². The number of rotatable bonds is 47. The first kappa shape index (κ1) is 56.6. The molecule has 0 aliphatic heterocycles. The van der Waals surface area contributed by atoms with Crippen LogP contribution in [0.15, 0.2) is 36.5 Å². The van der Waals surface area contributed by atoms with Gasteiger partial charge in [-0.1, -0.05) is 243 Å². The molecule has 0 aromatic heterocycles. The first-order chi connectivity index (χ1) is 28.5. The average Bonchev–Trinajstić information content (AvgIpc) is 3.22. The summed E-state index contributed by atoms with van der Waals surface area (Å²) >= 11 is 0. The third kappa shape index (κ3) is 44.1. The molecule has 0 rings (SSSR count). The molecule has 0 spiro atoms. The quantitative estimate of drug-likeness (QED) is 0.0364. The van der Waals surface area contributed by atoms with Gasteiger partial charge in [0.15, 0.2) is 0 Å². The first-order valence-electron chi connectivity index (χ1n) is 25.8. The molecule has 0 aromatic carbocycles. The van der Waals surface area contributed by atoms with E-state index in [1.807, 2.05) is 6.08 Å². The van der Waals surface area contributed by atoms with Crippen LogP contribution in [0.5, 0.6) is 0 Å². The summed E-state index contributed by atoms with van der Waals surface area (Å²) in [6, 6.07) is -0.764. The van der Waals surface area contributed by atoms with Crippen LogP contribution in [0, 0.1) is 0 Å². The minimum Gasteiger partial charge on any atom is -0.394 e. The van der Waals surface area contributed by atoms with Gasteiger partial charge in [-0.2, -0.15) is 0 Å². The highest BCUT2D eigenvalue weighted by molar-refractivity contribution is 5.76. The predicted octanol–water partition coefficient (Wildman–Crippen LogP) is 15.5. The molecule has 0 heterocycles. The van der Waals surface area contributed by atoms with Crippen molar-refractivity contribution >= 4 is 5.91 Å². The van der Waals surface area contributed by atoms with Crippen molar-refractivity contribution in [1.82, 2.24) is 5.32 Å². The van der Waals surface area contributed by atoms with E-state index >= 15 is 0 Å². The Balaban J connectivity index is 3.65. The number of nitrogens with one attached hydrogen (secondary N) is 1. The molecule has 342 valence electrons. The number of aliphatic hydroxyl groups is 3. The molecule has 0 bridgehead atoms. The maximum Gasteiger partial charge on any atom is 0.222 e. The van der Waals surface area contributed by atoms with E-state index in [-0.39, 0.29) is 18.9 Å². The zero-order chi connectivity index (χ0) is 42.3. The van der Waals surface area contributed by atoms with E-state index in [0.717, 1.165) is 44.9 Å². The lowest BCUT2D eigenvalue weighted by atomic mass is 10.0. The zero-order valence-corrected chi connectivity index (χ0v) is 38.9. The normalized spacial score (nSPS) is 13.7. The molecule has 3 atom stereocenters. The van der Waals surface area contributed by atoms with Gasteiger partial charge in [0.1, 0.15) is 0 Å².